The van der Waals surface area contributed by atoms with Gasteiger partial charge in [0.2, 0.25) is 11.8 Å². The quantitative estimate of drug-likeness (QED) is 0.110. The first-order valence-corrected chi connectivity index (χ1v) is 53.2. The van der Waals surface area contributed by atoms with Crippen LogP contribution in [0.2, 0.25) is 0 Å². The smallest absolute Gasteiger partial charge is 0.306 e. The molecule has 1 aromatic heterocycles. The molecule has 5 aliphatic heterocycles. The maximum atomic E-state index is 12.4. The number of hydrogen-bond acceptors (Lipinski definition) is 16. The van der Waals surface area contributed by atoms with Gasteiger partial charge >= 0.3 is 5.97 Å². The number of aromatic nitrogens is 2. The summed E-state index contributed by atoms with van der Waals surface area (Å²) in [6.07, 6.45) is 35.5. The minimum absolute atomic E-state index is 0.00458. The lowest BCUT2D eigenvalue weighted by Gasteiger charge is -2.43. The molecule has 0 bridgehead atoms. The summed E-state index contributed by atoms with van der Waals surface area (Å²) in [6, 6.07) is 17.2. The minimum Gasteiger partial charge on any atom is -0.460 e. The Morgan fingerprint density at radius 3 is 1.59 bits per heavy atom. The van der Waals surface area contributed by atoms with Crippen LogP contribution in [-0.4, -0.2) is 151 Å². The van der Waals surface area contributed by atoms with Crippen LogP contribution in [0.25, 0.3) is 0 Å². The summed E-state index contributed by atoms with van der Waals surface area (Å²) >= 11 is 0. The van der Waals surface area contributed by atoms with Gasteiger partial charge in [-0.3, -0.25) is 19.3 Å². The Morgan fingerprint density at radius 1 is 0.578 bits per heavy atom. The molecule has 128 heavy (non-hydrogen) atoms. The number of nitriles is 4. The molecule has 6 heterocycles. The number of rotatable bonds is 21. The van der Waals surface area contributed by atoms with Crippen LogP contribution in [0.4, 0.5) is 0 Å². The number of hydrogen-bond donors (Lipinski definition) is 2. The number of esters is 1. The van der Waals surface area contributed by atoms with Crippen molar-refractivity contribution >= 4 is 27.6 Å². The highest BCUT2D eigenvalue weighted by Crippen LogP contribution is 2.48. The van der Waals surface area contributed by atoms with Crippen molar-refractivity contribution in [2.24, 2.45) is 146 Å². The van der Waals surface area contributed by atoms with Crippen LogP contribution in [-0.2, 0) is 41.9 Å². The summed E-state index contributed by atoms with van der Waals surface area (Å²) < 4.78 is 27.6. The van der Waals surface area contributed by atoms with Crippen molar-refractivity contribution in [2.75, 3.05) is 84.0 Å². The maximum Gasteiger partial charge on any atom is 0.306 e. The summed E-state index contributed by atoms with van der Waals surface area (Å²) in [5.74, 6) is 15.6. The van der Waals surface area contributed by atoms with Crippen molar-refractivity contribution in [3.8, 4) is 24.3 Å². The molecule has 18 nitrogen and oxygen atoms in total. The molecule has 10 aliphatic rings. The predicted molar refractivity (Wildman–Crippen MR) is 530 cm³/mol. The van der Waals surface area contributed by atoms with E-state index in [9.17, 15) is 28.1 Å². The summed E-state index contributed by atoms with van der Waals surface area (Å²) in [5, 5.41) is 38.5. The molecule has 1 aromatic carbocycles. The van der Waals surface area contributed by atoms with Crippen LogP contribution >= 0.6 is 0 Å². The van der Waals surface area contributed by atoms with Gasteiger partial charge in [-0.1, -0.05) is 171 Å². The van der Waals surface area contributed by atoms with E-state index in [1.807, 2.05) is 67.2 Å². The molecular formula is C109H190N12O6S. The lowest BCUT2D eigenvalue weighted by molar-refractivity contribution is -0.157. The van der Waals surface area contributed by atoms with Gasteiger partial charge in [0.05, 0.1) is 35.6 Å². The molecule has 3 N–H and O–H groups in total. The third-order valence-electron chi connectivity index (χ3n) is 32.0. The third-order valence-corrected chi connectivity index (χ3v) is 33.0. The Morgan fingerprint density at radius 2 is 1.14 bits per heavy atom. The molecule has 5 saturated carbocycles. The minimum atomic E-state index is -2.76. The van der Waals surface area contributed by atoms with E-state index >= 15 is 0 Å². The maximum absolute atomic E-state index is 12.4. The first-order valence-electron chi connectivity index (χ1n) is 51.2. The monoisotopic (exact) mass is 1800 g/mol. The highest BCUT2D eigenvalue weighted by Gasteiger charge is 2.48. The van der Waals surface area contributed by atoms with Crippen LogP contribution in [0.5, 0.6) is 0 Å². The van der Waals surface area contributed by atoms with Gasteiger partial charge < -0.3 is 30.5 Å². The van der Waals surface area contributed by atoms with Gasteiger partial charge in [-0.25, -0.2) is 18.4 Å². The topological polar surface area (TPSA) is 267 Å². The lowest BCUT2D eigenvalue weighted by atomic mass is 9.62. The molecule has 5 saturated heterocycles. The molecule has 0 radical (unpaired) electrons. The molecule has 2 aromatic rings. The highest BCUT2D eigenvalue weighted by atomic mass is 32.2. The van der Waals surface area contributed by atoms with E-state index in [-0.39, 0.29) is 29.8 Å². The van der Waals surface area contributed by atoms with Crippen LogP contribution in [0.15, 0.2) is 43.0 Å². The fraction of sp³-hybridized carbons (Fsp3) is 0.844. The van der Waals surface area contributed by atoms with Gasteiger partial charge in [-0.15, -0.1) is 0 Å². The molecule has 5 atom stereocenters. The van der Waals surface area contributed by atoms with E-state index in [2.05, 4.69) is 209 Å². The number of nitrogens with two attached hydrogens (primary N) is 1. The van der Waals surface area contributed by atoms with E-state index in [1.165, 1.54) is 153 Å². The zero-order valence-corrected chi connectivity index (χ0v) is 87.5. The van der Waals surface area contributed by atoms with Crippen molar-refractivity contribution in [3.05, 3.63) is 59.7 Å². The van der Waals surface area contributed by atoms with Gasteiger partial charge in [0.1, 0.15) is 33.6 Å². The summed E-state index contributed by atoms with van der Waals surface area (Å²) in [4.78, 5) is 52.5. The second kappa shape index (κ2) is 56.0. The summed E-state index contributed by atoms with van der Waals surface area (Å²) in [5.41, 5.74) is 9.48. The molecule has 19 heteroatoms. The van der Waals surface area contributed by atoms with Gasteiger partial charge in [0.15, 0.2) is 0 Å². The summed E-state index contributed by atoms with van der Waals surface area (Å²) in [7, 11) is -2.76. The normalized spacial score (nSPS) is 26.5. The SMILES string of the molecule is CC(C)(C)OC(=O)CC1CC(C(C)(C)C)C1.CC(C)C1(C)CCN(Cc2cncnc2)CC1.CC(C)C1(C)CCNCC1.CC(C)C1CC(CCc2cccc(C#N)c2)C1.CC(C)C1CC(N)C1.CC(C)C1CCC(CS(C)(=O)=O)CC1.CC(C)C1CCN(CCC#N)CC1C.CC(C)C1CN(C(=O)CC#N)CCC1C.CC(C)[C@@H]1CCCN(C(=O)C2(C#N)CCC2)C1. The van der Waals surface area contributed by atoms with Crippen molar-refractivity contribution in [1.29, 1.82) is 21.0 Å². The molecule has 0 spiro atoms. The Balaban J connectivity index is 0.000000304. The van der Waals surface area contributed by atoms with E-state index in [0.29, 0.717) is 82.3 Å². The first-order chi connectivity index (χ1) is 59.9. The average Bonchev–Trinajstić information content (AvgIpc) is 0.768. The van der Waals surface area contributed by atoms with Crippen molar-refractivity contribution < 1.29 is 27.5 Å². The van der Waals surface area contributed by atoms with E-state index in [0.717, 1.165) is 173 Å². The number of nitrogens with zero attached hydrogens (tertiary/aromatic N) is 10. The van der Waals surface area contributed by atoms with Gasteiger partial charge in [0.25, 0.3) is 0 Å². The van der Waals surface area contributed by atoms with Gasteiger partial charge in [-0.2, -0.15) is 21.0 Å². The van der Waals surface area contributed by atoms with Gasteiger partial charge in [0, 0.05) is 88.9 Å². The van der Waals surface area contributed by atoms with Gasteiger partial charge in [-0.05, 0) is 353 Å². The Hall–Kier alpha value is -5.54. The predicted octanol–water partition coefficient (Wildman–Crippen LogP) is 23.7. The van der Waals surface area contributed by atoms with Crippen molar-refractivity contribution in [1.82, 2.24) is 34.9 Å². The number of carbonyl (C=O) groups excluding carboxylic acids is 3. The molecule has 2 amide bonds. The number of carbonyl (C=O) groups is 3. The standard InChI is InChI=1S/C16H21N.C14H23N3.C14H22N2O.C14H26O2.C12H20N2O.C12H22N2.C11H22O2S.C9H19N.C7H15N/c1-12(2)16-9-14(10-16)7-6-13-4-3-5-15(8-13)11-17;1-12(2)14(3)4-6-17(7-5-14)10-13-8-15-11-16-9-13;1-11(2)12-5-3-8-16(9-12)13(17)14(10-15)6-4-7-14;1-13(2,3)11-7-10(8-11)9-12(15)16-14(4,5)6;1-9(2)11-8-14(7-5-10(11)3)12(15)4-6-13;1-10(2)12-5-8-14(7-4-6-13)9-11(12)3;1-9(2)11-6-4-10(5-7-11)8-14(3,12)13;1-8(2)9(3)4-6-10-7-5-9;1-5(2)6-3-7(8)4-6/h3-5,8,12,14,16H,6-7,9-10H2,1-2H3;8-9,11-12H,4-7,10H2,1-3H3;11-12H,3-9H2,1-2H3;10-11H,7-9H2,1-6H3;9-11H,4-5,7-8H2,1-3H3;10-12H,4-5,7-9H2,1-3H3;9-11H,4-8H2,1-3H3;8,10H,4-7H2,1-3H3;5-7H,3-4,8H2,1-2H3/t;;12-;;;;;;/m..1....../s1. The fourth-order valence-corrected chi connectivity index (χ4v) is 21.9. The van der Waals surface area contributed by atoms with E-state index < -0.39 is 15.3 Å². The van der Waals surface area contributed by atoms with Crippen LogP contribution in [0, 0.1) is 185 Å². The van der Waals surface area contributed by atoms with Crippen LogP contribution < -0.4 is 11.1 Å². The Bertz CT molecular complexity index is 3750. The zero-order valence-electron chi connectivity index (χ0n) is 86.7. The van der Waals surface area contributed by atoms with E-state index in [4.69, 9.17) is 26.3 Å². The number of likely N-dealkylation sites (tertiary alicyclic amines) is 4. The fourth-order valence-electron chi connectivity index (χ4n) is 20.7. The molecular weight excluding hydrogens is 1610 g/mol. The highest BCUT2D eigenvalue weighted by molar-refractivity contribution is 7.90. The first kappa shape index (κ1) is 115. The third kappa shape index (κ3) is 41.5. The second-order valence-corrected chi connectivity index (χ2v) is 49.0. The Kier molecular flexibility index (Phi) is 50.2. The molecule has 728 valence electrons. The van der Waals surface area contributed by atoms with Crippen LogP contribution in [0.1, 0.15) is 357 Å². The molecule has 4 unspecified atom stereocenters. The summed E-state index contributed by atoms with van der Waals surface area (Å²) in [6.45, 7) is 71.2. The molecule has 5 aliphatic carbocycles. The lowest BCUT2D eigenvalue weighted by Crippen LogP contribution is -2.51. The Labute approximate surface area is 785 Å². The molecule has 10 fully saturated rings. The van der Waals surface area contributed by atoms with Crippen LogP contribution in [0.3, 0.4) is 0 Å². The molecule has 12 rings (SSSR count). The second-order valence-electron chi connectivity index (χ2n) is 46.8. The van der Waals surface area contributed by atoms with Crippen molar-refractivity contribution in [2.45, 2.75) is 365 Å². The average molecular weight is 1800 g/mol. The number of aryl methyl sites for hydroxylation is 1. The largest absolute Gasteiger partial charge is 0.460 e. The van der Waals surface area contributed by atoms with Crippen molar-refractivity contribution in [3.63, 3.8) is 0 Å². The number of nitrogens with one attached hydrogen (secondary N) is 1. The number of amides is 2. The number of benzene rings is 1. The number of ether oxygens (including phenoxy) is 1. The van der Waals surface area contributed by atoms with E-state index in [1.54, 1.807) is 6.33 Å². The number of piperidine rings is 5. The zero-order chi connectivity index (χ0) is 96.1. The number of sulfone groups is 1.